The monoisotopic (exact) mass is 361 g/mol. The second kappa shape index (κ2) is 8.70. The summed E-state index contributed by atoms with van der Waals surface area (Å²) in [4.78, 5) is 7.69. The maximum atomic E-state index is 9.67. The molecule has 0 amide bonds. The van der Waals surface area contributed by atoms with Crippen LogP contribution in [0.3, 0.4) is 0 Å². The highest BCUT2D eigenvalue weighted by atomic mass is 16.5. The predicted molar refractivity (Wildman–Crippen MR) is 106 cm³/mol. The fourth-order valence-electron chi connectivity index (χ4n) is 4.50. The molecule has 5 nitrogen and oxygen atoms in total. The summed E-state index contributed by atoms with van der Waals surface area (Å²) in [6, 6.07) is 6.28. The fraction of sp³-hybridized carbons (Fsp3) is 0.714. The van der Waals surface area contributed by atoms with Crippen LogP contribution < -0.4 is 4.74 Å². The van der Waals surface area contributed by atoms with Crippen molar-refractivity contribution in [3.05, 3.63) is 29.3 Å². The van der Waals surface area contributed by atoms with E-state index in [-0.39, 0.29) is 6.61 Å². The van der Waals surface area contributed by atoms with Gasteiger partial charge in [-0.3, -0.25) is 9.80 Å². The molecule has 3 rings (SSSR count). The van der Waals surface area contributed by atoms with Crippen molar-refractivity contribution in [1.82, 2.24) is 14.7 Å². The van der Waals surface area contributed by atoms with Crippen molar-refractivity contribution in [1.29, 1.82) is 0 Å². The smallest absolute Gasteiger partial charge is 0.124 e. The zero-order valence-electron chi connectivity index (χ0n) is 16.7. The molecule has 5 heteroatoms. The number of aliphatic hydroxyl groups is 1. The maximum Gasteiger partial charge on any atom is 0.124 e. The molecule has 26 heavy (non-hydrogen) atoms. The van der Waals surface area contributed by atoms with Gasteiger partial charge in [0.2, 0.25) is 0 Å². The highest BCUT2D eigenvalue weighted by Crippen LogP contribution is 2.31. The van der Waals surface area contributed by atoms with Crippen LogP contribution in [0.15, 0.2) is 18.2 Å². The number of likely N-dealkylation sites (tertiary alicyclic amines) is 1. The van der Waals surface area contributed by atoms with Crippen molar-refractivity contribution in [3.63, 3.8) is 0 Å². The van der Waals surface area contributed by atoms with Crippen LogP contribution in [0.4, 0.5) is 0 Å². The molecule has 1 aromatic carbocycles. The molecule has 0 radical (unpaired) electrons. The quantitative estimate of drug-likeness (QED) is 0.870. The van der Waals surface area contributed by atoms with Crippen LogP contribution in [0.1, 0.15) is 37.3 Å². The van der Waals surface area contributed by atoms with E-state index in [1.807, 2.05) is 13.0 Å². The van der Waals surface area contributed by atoms with Crippen LogP contribution in [0.2, 0.25) is 0 Å². The van der Waals surface area contributed by atoms with Crippen molar-refractivity contribution in [2.24, 2.45) is 0 Å². The lowest BCUT2D eigenvalue weighted by atomic mass is 9.85. The van der Waals surface area contributed by atoms with Gasteiger partial charge >= 0.3 is 0 Å². The number of benzene rings is 1. The summed E-state index contributed by atoms with van der Waals surface area (Å²) in [6.07, 6.45) is 3.72. The van der Waals surface area contributed by atoms with E-state index >= 15 is 0 Å². The van der Waals surface area contributed by atoms with Gasteiger partial charge in [0.05, 0.1) is 13.2 Å². The Morgan fingerprint density at radius 3 is 2.58 bits per heavy atom. The van der Waals surface area contributed by atoms with Crippen molar-refractivity contribution in [2.45, 2.75) is 44.9 Å². The van der Waals surface area contributed by atoms with Crippen LogP contribution in [-0.2, 0) is 13.2 Å². The van der Waals surface area contributed by atoms with E-state index in [4.69, 9.17) is 4.74 Å². The van der Waals surface area contributed by atoms with Crippen molar-refractivity contribution < 1.29 is 9.84 Å². The van der Waals surface area contributed by atoms with Crippen LogP contribution in [0.5, 0.6) is 5.75 Å². The van der Waals surface area contributed by atoms with E-state index in [0.29, 0.717) is 12.1 Å². The summed E-state index contributed by atoms with van der Waals surface area (Å²) < 4.78 is 5.62. The molecule has 0 aliphatic carbocycles. The third-order valence-corrected chi connectivity index (χ3v) is 6.21. The van der Waals surface area contributed by atoms with Crippen molar-refractivity contribution in [2.75, 3.05) is 53.4 Å². The van der Waals surface area contributed by atoms with E-state index < -0.39 is 0 Å². The minimum atomic E-state index is 0.0299. The SMILES string of the molecule is CCOc1ccc(CN2CCCN(C)C3(CCN(C)CC3)C2)cc1CO. The Labute approximate surface area is 158 Å². The molecular formula is C21H35N3O2. The maximum absolute atomic E-state index is 9.67. The first-order valence-electron chi connectivity index (χ1n) is 10.0. The molecule has 1 spiro atoms. The van der Waals surface area contributed by atoms with Gasteiger partial charge in [0, 0.05) is 24.2 Å². The molecule has 2 saturated heterocycles. The van der Waals surface area contributed by atoms with Gasteiger partial charge in [0.25, 0.3) is 0 Å². The minimum Gasteiger partial charge on any atom is -0.494 e. The Hall–Kier alpha value is -1.14. The molecule has 1 N–H and O–H groups in total. The molecule has 1 aromatic rings. The Bertz CT molecular complexity index is 585. The summed E-state index contributed by atoms with van der Waals surface area (Å²) in [5.74, 6) is 0.807. The summed E-state index contributed by atoms with van der Waals surface area (Å²) in [6.45, 7) is 9.43. The summed E-state index contributed by atoms with van der Waals surface area (Å²) in [5, 5.41) is 9.67. The molecule has 2 heterocycles. The minimum absolute atomic E-state index is 0.0299. The van der Waals surface area contributed by atoms with Crippen LogP contribution >= 0.6 is 0 Å². The molecule has 146 valence electrons. The van der Waals surface area contributed by atoms with Gasteiger partial charge in [0.1, 0.15) is 5.75 Å². The molecule has 2 aliphatic rings. The lowest BCUT2D eigenvalue weighted by Crippen LogP contribution is -2.57. The summed E-state index contributed by atoms with van der Waals surface area (Å²) >= 11 is 0. The number of likely N-dealkylation sites (N-methyl/N-ethyl adjacent to an activating group) is 1. The Morgan fingerprint density at radius 2 is 1.88 bits per heavy atom. The molecule has 0 atom stereocenters. The number of rotatable bonds is 5. The predicted octanol–water partition coefficient (Wildman–Crippen LogP) is 2.18. The molecule has 2 fully saturated rings. The lowest BCUT2D eigenvalue weighted by Gasteiger charge is -2.47. The Balaban J connectivity index is 1.72. The van der Waals surface area contributed by atoms with E-state index in [1.54, 1.807) is 0 Å². The third kappa shape index (κ3) is 4.39. The second-order valence-corrected chi connectivity index (χ2v) is 8.05. The van der Waals surface area contributed by atoms with E-state index in [2.05, 4.69) is 40.9 Å². The molecule has 0 aromatic heterocycles. The number of aliphatic hydroxyl groups excluding tert-OH is 1. The molecule has 0 unspecified atom stereocenters. The lowest BCUT2D eigenvalue weighted by molar-refractivity contribution is 0.0337. The molecule has 2 aliphatic heterocycles. The summed E-state index contributed by atoms with van der Waals surface area (Å²) in [5.41, 5.74) is 2.48. The first-order chi connectivity index (χ1) is 12.6. The highest BCUT2D eigenvalue weighted by Gasteiger charge is 2.40. The van der Waals surface area contributed by atoms with Gasteiger partial charge < -0.3 is 14.7 Å². The Kier molecular flexibility index (Phi) is 6.56. The van der Waals surface area contributed by atoms with Crippen LogP contribution in [0, 0.1) is 0 Å². The average Bonchev–Trinajstić information content (AvgIpc) is 2.78. The highest BCUT2D eigenvalue weighted by molar-refractivity contribution is 5.37. The van der Waals surface area contributed by atoms with Crippen LogP contribution in [-0.4, -0.2) is 78.8 Å². The van der Waals surface area contributed by atoms with E-state index in [9.17, 15) is 5.11 Å². The Morgan fingerprint density at radius 1 is 1.12 bits per heavy atom. The van der Waals surface area contributed by atoms with E-state index in [0.717, 1.165) is 30.9 Å². The molecular weight excluding hydrogens is 326 g/mol. The zero-order chi connectivity index (χ0) is 18.6. The second-order valence-electron chi connectivity index (χ2n) is 8.05. The van der Waals surface area contributed by atoms with Gasteiger partial charge in [-0.15, -0.1) is 0 Å². The zero-order valence-corrected chi connectivity index (χ0v) is 16.7. The number of nitrogens with zero attached hydrogens (tertiary/aromatic N) is 3. The van der Waals surface area contributed by atoms with Crippen LogP contribution in [0.25, 0.3) is 0 Å². The standard InChI is InChI=1S/C21H35N3O2/c1-4-26-20-7-6-18(14-19(20)16-25)15-24-11-5-10-23(3)21(17-24)8-12-22(2)13-9-21/h6-7,14,25H,4-5,8-13,15-17H2,1-3H3. The number of piperidine rings is 1. The number of hydrogen-bond donors (Lipinski definition) is 1. The molecule has 0 bridgehead atoms. The normalized spacial score (nSPS) is 22.5. The van der Waals surface area contributed by atoms with Crippen molar-refractivity contribution >= 4 is 0 Å². The van der Waals surface area contributed by atoms with E-state index in [1.165, 1.54) is 44.5 Å². The van der Waals surface area contributed by atoms with Gasteiger partial charge in [0.15, 0.2) is 0 Å². The van der Waals surface area contributed by atoms with Gasteiger partial charge in [-0.25, -0.2) is 0 Å². The van der Waals surface area contributed by atoms with Gasteiger partial charge in [-0.05, 0) is 84.2 Å². The fourth-order valence-corrected chi connectivity index (χ4v) is 4.50. The number of ether oxygens (including phenoxy) is 1. The topological polar surface area (TPSA) is 39.2 Å². The average molecular weight is 362 g/mol. The van der Waals surface area contributed by atoms with Gasteiger partial charge in [-0.1, -0.05) is 6.07 Å². The third-order valence-electron chi connectivity index (χ3n) is 6.21. The summed E-state index contributed by atoms with van der Waals surface area (Å²) in [7, 11) is 4.55. The number of hydrogen-bond acceptors (Lipinski definition) is 5. The molecule has 0 saturated carbocycles. The first-order valence-corrected chi connectivity index (χ1v) is 10.0. The van der Waals surface area contributed by atoms with Gasteiger partial charge in [-0.2, -0.15) is 0 Å². The van der Waals surface area contributed by atoms with Crippen molar-refractivity contribution in [3.8, 4) is 5.75 Å². The first kappa shape index (κ1) is 19.6. The largest absolute Gasteiger partial charge is 0.494 e.